The Morgan fingerprint density at radius 2 is 1.88 bits per heavy atom. The van der Waals surface area contributed by atoms with E-state index in [0.29, 0.717) is 11.7 Å². The van der Waals surface area contributed by atoms with E-state index in [-0.39, 0.29) is 0 Å². The predicted octanol–water partition coefficient (Wildman–Crippen LogP) is 2.08. The van der Waals surface area contributed by atoms with Crippen molar-refractivity contribution in [3.05, 3.63) is 54.1 Å². The SMILES string of the molecule is C1=CC(c2ccccc2-c2nn[nH]n2)C=C1. The summed E-state index contributed by atoms with van der Waals surface area (Å²) in [5.41, 5.74) is 2.23. The van der Waals surface area contributed by atoms with E-state index in [9.17, 15) is 0 Å². The van der Waals surface area contributed by atoms with Crippen molar-refractivity contribution >= 4 is 0 Å². The number of rotatable bonds is 2. The normalized spacial score (nSPS) is 14.8. The van der Waals surface area contributed by atoms with Gasteiger partial charge >= 0.3 is 0 Å². The van der Waals surface area contributed by atoms with E-state index >= 15 is 0 Å². The third kappa shape index (κ3) is 1.44. The average Bonchev–Trinajstić information content (AvgIpc) is 3.03. The minimum atomic E-state index is 0.315. The van der Waals surface area contributed by atoms with Gasteiger partial charge in [0.15, 0.2) is 0 Å². The molecule has 4 nitrogen and oxygen atoms in total. The van der Waals surface area contributed by atoms with Crippen LogP contribution in [-0.4, -0.2) is 20.6 Å². The zero-order chi connectivity index (χ0) is 10.8. The van der Waals surface area contributed by atoms with Crippen LogP contribution in [0.1, 0.15) is 11.5 Å². The van der Waals surface area contributed by atoms with E-state index in [2.05, 4.69) is 51.0 Å². The molecule has 16 heavy (non-hydrogen) atoms. The molecule has 0 spiro atoms. The van der Waals surface area contributed by atoms with Crippen LogP contribution in [0, 0.1) is 0 Å². The van der Waals surface area contributed by atoms with Crippen LogP contribution in [0.2, 0.25) is 0 Å². The van der Waals surface area contributed by atoms with Crippen molar-refractivity contribution in [1.29, 1.82) is 0 Å². The van der Waals surface area contributed by atoms with Crippen molar-refractivity contribution in [2.24, 2.45) is 0 Å². The van der Waals surface area contributed by atoms with Crippen LogP contribution in [0.25, 0.3) is 11.4 Å². The first-order valence-corrected chi connectivity index (χ1v) is 5.13. The second-order valence-corrected chi connectivity index (χ2v) is 3.62. The van der Waals surface area contributed by atoms with E-state index in [4.69, 9.17) is 0 Å². The van der Waals surface area contributed by atoms with Crippen LogP contribution in [-0.2, 0) is 0 Å². The summed E-state index contributed by atoms with van der Waals surface area (Å²) in [5.74, 6) is 0.957. The molecule has 2 aromatic rings. The summed E-state index contributed by atoms with van der Waals surface area (Å²) in [6.45, 7) is 0. The van der Waals surface area contributed by atoms with E-state index < -0.39 is 0 Å². The first-order valence-electron chi connectivity index (χ1n) is 5.13. The number of allylic oxidation sites excluding steroid dienone is 4. The molecule has 1 aromatic heterocycles. The largest absolute Gasteiger partial charge is 0.204 e. The number of hydrogen-bond acceptors (Lipinski definition) is 3. The minimum Gasteiger partial charge on any atom is -0.177 e. The van der Waals surface area contributed by atoms with Crippen molar-refractivity contribution in [3.8, 4) is 11.4 Å². The quantitative estimate of drug-likeness (QED) is 0.825. The molecule has 0 aliphatic heterocycles. The number of aromatic nitrogens is 4. The van der Waals surface area contributed by atoms with Crippen LogP contribution in [0.5, 0.6) is 0 Å². The highest BCUT2D eigenvalue weighted by molar-refractivity contribution is 5.62. The molecule has 0 saturated heterocycles. The fourth-order valence-electron chi connectivity index (χ4n) is 1.91. The smallest absolute Gasteiger partial charge is 0.177 e. The first-order chi connectivity index (χ1) is 7.95. The van der Waals surface area contributed by atoms with Crippen LogP contribution in [0.15, 0.2) is 48.6 Å². The second-order valence-electron chi connectivity index (χ2n) is 3.62. The molecular weight excluding hydrogens is 200 g/mol. The lowest BCUT2D eigenvalue weighted by Crippen LogP contribution is -1.94. The highest BCUT2D eigenvalue weighted by Gasteiger charge is 2.14. The molecule has 0 radical (unpaired) electrons. The van der Waals surface area contributed by atoms with Crippen LogP contribution >= 0.6 is 0 Å². The van der Waals surface area contributed by atoms with Gasteiger partial charge in [0.25, 0.3) is 0 Å². The molecule has 1 N–H and O–H groups in total. The van der Waals surface area contributed by atoms with Crippen LogP contribution in [0.4, 0.5) is 0 Å². The van der Waals surface area contributed by atoms with Gasteiger partial charge in [-0.25, -0.2) is 0 Å². The van der Waals surface area contributed by atoms with Gasteiger partial charge in [0.05, 0.1) is 0 Å². The molecule has 0 bridgehead atoms. The Hall–Kier alpha value is -2.23. The van der Waals surface area contributed by atoms with E-state index in [0.717, 1.165) is 5.56 Å². The molecule has 1 aliphatic rings. The molecule has 1 aromatic carbocycles. The molecule has 3 rings (SSSR count). The predicted molar refractivity (Wildman–Crippen MR) is 60.6 cm³/mol. The summed E-state index contributed by atoms with van der Waals surface area (Å²) in [6, 6.07) is 8.12. The lowest BCUT2D eigenvalue weighted by molar-refractivity contribution is 0.881. The topological polar surface area (TPSA) is 54.5 Å². The molecular formula is C12H10N4. The Kier molecular flexibility index (Phi) is 2.11. The number of aromatic amines is 1. The van der Waals surface area contributed by atoms with Gasteiger partial charge in [-0.15, -0.1) is 10.2 Å². The fraction of sp³-hybridized carbons (Fsp3) is 0.0833. The summed E-state index contributed by atoms with van der Waals surface area (Å²) in [7, 11) is 0. The third-order valence-electron chi connectivity index (χ3n) is 2.65. The van der Waals surface area contributed by atoms with Crippen molar-refractivity contribution in [3.63, 3.8) is 0 Å². The molecule has 4 heteroatoms. The molecule has 78 valence electrons. The van der Waals surface area contributed by atoms with Gasteiger partial charge in [0.1, 0.15) is 0 Å². The summed E-state index contributed by atoms with van der Waals surface area (Å²) >= 11 is 0. The zero-order valence-corrected chi connectivity index (χ0v) is 8.54. The third-order valence-corrected chi connectivity index (χ3v) is 2.65. The highest BCUT2D eigenvalue weighted by Crippen LogP contribution is 2.30. The number of benzene rings is 1. The minimum absolute atomic E-state index is 0.315. The van der Waals surface area contributed by atoms with Crippen molar-refractivity contribution in [2.45, 2.75) is 5.92 Å². The summed E-state index contributed by atoms with van der Waals surface area (Å²) in [6.07, 6.45) is 8.41. The van der Waals surface area contributed by atoms with Gasteiger partial charge in [0.2, 0.25) is 5.82 Å². The van der Waals surface area contributed by atoms with Gasteiger partial charge in [0, 0.05) is 11.5 Å². The van der Waals surface area contributed by atoms with Crippen LogP contribution in [0.3, 0.4) is 0 Å². The molecule has 0 amide bonds. The average molecular weight is 210 g/mol. The van der Waals surface area contributed by atoms with Gasteiger partial charge in [-0.2, -0.15) is 5.21 Å². The molecule has 1 heterocycles. The molecule has 0 fully saturated rings. The van der Waals surface area contributed by atoms with Gasteiger partial charge in [-0.3, -0.25) is 0 Å². The number of nitrogens with one attached hydrogen (secondary N) is 1. The highest BCUT2D eigenvalue weighted by atomic mass is 15.5. The van der Waals surface area contributed by atoms with E-state index in [1.165, 1.54) is 5.56 Å². The Morgan fingerprint density at radius 1 is 1.06 bits per heavy atom. The van der Waals surface area contributed by atoms with Crippen molar-refractivity contribution in [2.75, 3.05) is 0 Å². The number of tetrazole rings is 1. The Morgan fingerprint density at radius 3 is 2.62 bits per heavy atom. The second kappa shape index (κ2) is 3.73. The van der Waals surface area contributed by atoms with Gasteiger partial charge in [-0.1, -0.05) is 48.6 Å². The van der Waals surface area contributed by atoms with E-state index in [1.807, 2.05) is 18.2 Å². The maximum atomic E-state index is 4.02. The Labute approximate surface area is 92.7 Å². The van der Waals surface area contributed by atoms with Crippen molar-refractivity contribution < 1.29 is 0 Å². The zero-order valence-electron chi connectivity index (χ0n) is 8.54. The van der Waals surface area contributed by atoms with Gasteiger partial charge < -0.3 is 0 Å². The lowest BCUT2D eigenvalue weighted by atomic mass is 9.95. The fourth-order valence-corrected chi connectivity index (χ4v) is 1.91. The Bertz CT molecular complexity index is 528. The Balaban J connectivity index is 2.11. The summed E-state index contributed by atoms with van der Waals surface area (Å²) in [4.78, 5) is 0. The molecule has 0 atom stereocenters. The standard InChI is InChI=1S/C12H10N4/c1-2-6-9(5-1)10-7-3-4-8-11(10)12-13-15-16-14-12/h1-9H,(H,13,14,15,16). The number of nitrogens with zero attached hydrogens (tertiary/aromatic N) is 3. The number of H-pyrrole nitrogens is 1. The summed E-state index contributed by atoms with van der Waals surface area (Å²) < 4.78 is 0. The van der Waals surface area contributed by atoms with Crippen LogP contribution < -0.4 is 0 Å². The molecule has 0 unspecified atom stereocenters. The van der Waals surface area contributed by atoms with E-state index in [1.54, 1.807) is 0 Å². The number of hydrogen-bond donors (Lipinski definition) is 1. The molecule has 1 aliphatic carbocycles. The first kappa shape index (κ1) is 9.03. The maximum Gasteiger partial charge on any atom is 0.204 e. The summed E-state index contributed by atoms with van der Waals surface area (Å²) in [5, 5.41) is 14.1. The molecule has 0 saturated carbocycles. The van der Waals surface area contributed by atoms with Gasteiger partial charge in [-0.05, 0) is 10.8 Å². The maximum absolute atomic E-state index is 4.02. The van der Waals surface area contributed by atoms with Crippen molar-refractivity contribution in [1.82, 2.24) is 20.6 Å². The lowest BCUT2D eigenvalue weighted by Gasteiger charge is -2.09. The monoisotopic (exact) mass is 210 g/mol.